The van der Waals surface area contributed by atoms with Gasteiger partial charge in [-0.05, 0) is 13.3 Å². The molecule has 1 aliphatic heterocycles. The zero-order valence-corrected chi connectivity index (χ0v) is 13.3. The van der Waals surface area contributed by atoms with Gasteiger partial charge in [-0.25, -0.2) is 9.78 Å². The van der Waals surface area contributed by atoms with E-state index in [0.29, 0.717) is 11.6 Å². The highest BCUT2D eigenvalue weighted by atomic mass is 32.1. The maximum absolute atomic E-state index is 12.9. The number of rotatable bonds is 3. The lowest BCUT2D eigenvalue weighted by Gasteiger charge is -2.18. The molecule has 0 unspecified atom stereocenters. The molecule has 1 saturated heterocycles. The van der Waals surface area contributed by atoms with Gasteiger partial charge < -0.3 is 10.0 Å². The van der Waals surface area contributed by atoms with Crippen molar-refractivity contribution in [2.45, 2.75) is 26.4 Å². The van der Waals surface area contributed by atoms with Crippen LogP contribution >= 0.6 is 11.3 Å². The number of amides is 2. The molecule has 23 heavy (non-hydrogen) atoms. The predicted molar refractivity (Wildman–Crippen MR) is 77.5 cm³/mol. The standard InChI is InChI=1S/C13H16F3N3O3S/c1-3-9-6(2)23-11(17-9)18-12(22)19-4-7(10(20)21)8(5-19)13(14,15)16/h7-8H,3-5H2,1-2H3,(H,20,21)(H,17,18,22)/t7-,8-/m1/s1. The third-order valence-electron chi connectivity index (χ3n) is 3.79. The lowest BCUT2D eigenvalue weighted by molar-refractivity contribution is -0.187. The summed E-state index contributed by atoms with van der Waals surface area (Å²) in [6.07, 6.45) is -3.98. The Hall–Kier alpha value is -1.84. The summed E-state index contributed by atoms with van der Waals surface area (Å²) in [5.41, 5.74) is 0.809. The minimum absolute atomic E-state index is 0.298. The number of nitrogens with one attached hydrogen (secondary N) is 1. The van der Waals surface area contributed by atoms with Crippen LogP contribution in [0, 0.1) is 18.8 Å². The number of alkyl halides is 3. The molecule has 0 saturated carbocycles. The van der Waals surface area contributed by atoms with Gasteiger partial charge >= 0.3 is 18.2 Å². The summed E-state index contributed by atoms with van der Waals surface area (Å²) >= 11 is 1.23. The number of likely N-dealkylation sites (tertiary alicyclic amines) is 1. The fourth-order valence-corrected chi connectivity index (χ4v) is 3.42. The van der Waals surface area contributed by atoms with Gasteiger partial charge in [0.1, 0.15) is 0 Å². The molecule has 1 aromatic heterocycles. The number of carbonyl (C=O) groups excluding carboxylic acids is 1. The van der Waals surface area contributed by atoms with Crippen LogP contribution in [-0.2, 0) is 11.2 Å². The first-order chi connectivity index (χ1) is 10.6. The van der Waals surface area contributed by atoms with Crippen LogP contribution in [0.25, 0.3) is 0 Å². The molecule has 0 aliphatic carbocycles. The van der Waals surface area contributed by atoms with E-state index in [1.807, 2.05) is 13.8 Å². The van der Waals surface area contributed by atoms with Crippen LogP contribution in [-0.4, -0.2) is 46.3 Å². The summed E-state index contributed by atoms with van der Waals surface area (Å²) < 4.78 is 38.7. The highest BCUT2D eigenvalue weighted by molar-refractivity contribution is 7.15. The van der Waals surface area contributed by atoms with Crippen molar-refractivity contribution in [3.8, 4) is 0 Å². The Balaban J connectivity index is 2.09. The van der Waals surface area contributed by atoms with Gasteiger partial charge in [-0.15, -0.1) is 11.3 Å². The van der Waals surface area contributed by atoms with E-state index < -0.39 is 43.1 Å². The van der Waals surface area contributed by atoms with Crippen molar-refractivity contribution >= 4 is 28.5 Å². The lowest BCUT2D eigenvalue weighted by atomic mass is 9.96. The molecule has 1 fully saturated rings. The number of carbonyl (C=O) groups is 2. The summed E-state index contributed by atoms with van der Waals surface area (Å²) in [6.45, 7) is 2.59. The van der Waals surface area contributed by atoms with Crippen molar-refractivity contribution in [1.82, 2.24) is 9.88 Å². The van der Waals surface area contributed by atoms with E-state index in [4.69, 9.17) is 5.11 Å². The number of aromatic nitrogens is 1. The fraction of sp³-hybridized carbons (Fsp3) is 0.615. The second-order valence-corrected chi connectivity index (χ2v) is 6.51. The molecule has 2 atom stereocenters. The summed E-state index contributed by atoms with van der Waals surface area (Å²) in [4.78, 5) is 29.1. The largest absolute Gasteiger partial charge is 0.481 e. The predicted octanol–water partition coefficient (Wildman–Crippen LogP) is 2.74. The van der Waals surface area contributed by atoms with Gasteiger partial charge in [-0.1, -0.05) is 6.92 Å². The monoisotopic (exact) mass is 351 g/mol. The van der Waals surface area contributed by atoms with E-state index in [2.05, 4.69) is 10.3 Å². The Labute approximate surface area is 134 Å². The summed E-state index contributed by atoms with van der Waals surface area (Å²) in [5, 5.41) is 11.7. The molecule has 2 rings (SSSR count). The average molecular weight is 351 g/mol. The highest BCUT2D eigenvalue weighted by Gasteiger charge is 2.53. The van der Waals surface area contributed by atoms with Crippen molar-refractivity contribution in [3.63, 3.8) is 0 Å². The maximum Gasteiger partial charge on any atom is 0.394 e. The number of aryl methyl sites for hydroxylation is 2. The van der Waals surface area contributed by atoms with Crippen molar-refractivity contribution in [2.24, 2.45) is 11.8 Å². The Kier molecular flexibility index (Phi) is 4.83. The molecular formula is C13H16F3N3O3S. The molecule has 1 aliphatic rings. The van der Waals surface area contributed by atoms with Crippen LogP contribution in [0.15, 0.2) is 0 Å². The van der Waals surface area contributed by atoms with E-state index in [-0.39, 0.29) is 0 Å². The van der Waals surface area contributed by atoms with Crippen LogP contribution in [0.3, 0.4) is 0 Å². The molecule has 0 bridgehead atoms. The number of halogens is 3. The summed E-state index contributed by atoms with van der Waals surface area (Å²) in [6, 6.07) is -0.764. The topological polar surface area (TPSA) is 82.5 Å². The van der Waals surface area contributed by atoms with Crippen LogP contribution in [0.2, 0.25) is 0 Å². The van der Waals surface area contributed by atoms with Gasteiger partial charge in [0.25, 0.3) is 0 Å². The SMILES string of the molecule is CCc1nc(NC(=O)N2C[C@@H](C(F)(F)F)[C@H](C(=O)O)C2)sc1C. The van der Waals surface area contributed by atoms with Gasteiger partial charge in [0.15, 0.2) is 5.13 Å². The molecule has 6 nitrogen and oxygen atoms in total. The van der Waals surface area contributed by atoms with Gasteiger partial charge in [-0.3, -0.25) is 10.1 Å². The number of urea groups is 1. The molecule has 2 heterocycles. The van der Waals surface area contributed by atoms with Gasteiger partial charge in [0, 0.05) is 18.0 Å². The number of aliphatic carboxylic acids is 1. The molecule has 1 aromatic rings. The first-order valence-electron chi connectivity index (χ1n) is 6.95. The third-order valence-corrected chi connectivity index (χ3v) is 4.71. The molecule has 10 heteroatoms. The van der Waals surface area contributed by atoms with Gasteiger partial charge in [0.2, 0.25) is 0 Å². The third kappa shape index (κ3) is 3.74. The smallest absolute Gasteiger partial charge is 0.394 e. The second-order valence-electron chi connectivity index (χ2n) is 5.30. The van der Waals surface area contributed by atoms with E-state index in [1.165, 1.54) is 11.3 Å². The molecule has 2 N–H and O–H groups in total. The average Bonchev–Trinajstić information content (AvgIpc) is 3.01. The number of anilines is 1. The Bertz CT molecular complexity index is 617. The number of thiazole rings is 1. The van der Waals surface area contributed by atoms with Crippen molar-refractivity contribution in [1.29, 1.82) is 0 Å². The number of carboxylic acid groups (broad SMARTS) is 1. The maximum atomic E-state index is 12.9. The van der Waals surface area contributed by atoms with Crippen molar-refractivity contribution in [3.05, 3.63) is 10.6 Å². The van der Waals surface area contributed by atoms with Crippen molar-refractivity contribution < 1.29 is 27.9 Å². The van der Waals surface area contributed by atoms with E-state index in [1.54, 1.807) is 0 Å². The number of hydrogen-bond donors (Lipinski definition) is 2. The van der Waals surface area contributed by atoms with Crippen molar-refractivity contribution in [2.75, 3.05) is 18.4 Å². The summed E-state index contributed by atoms with van der Waals surface area (Å²) in [7, 11) is 0. The van der Waals surface area contributed by atoms with Crippen LogP contribution in [0.1, 0.15) is 17.5 Å². The van der Waals surface area contributed by atoms with E-state index in [0.717, 1.165) is 15.5 Å². The van der Waals surface area contributed by atoms with E-state index in [9.17, 15) is 22.8 Å². The molecule has 0 aromatic carbocycles. The number of carboxylic acids is 1. The molecular weight excluding hydrogens is 335 g/mol. The van der Waals surface area contributed by atoms with Crippen LogP contribution in [0.4, 0.5) is 23.1 Å². The van der Waals surface area contributed by atoms with Gasteiger partial charge in [0.05, 0.1) is 17.5 Å². The number of nitrogens with zero attached hydrogens (tertiary/aromatic N) is 2. The minimum Gasteiger partial charge on any atom is -0.481 e. The first kappa shape index (κ1) is 17.5. The molecule has 0 radical (unpaired) electrons. The quantitative estimate of drug-likeness (QED) is 0.877. The van der Waals surface area contributed by atoms with E-state index >= 15 is 0 Å². The molecule has 2 amide bonds. The Morgan fingerprint density at radius 3 is 2.52 bits per heavy atom. The normalized spacial score (nSPS) is 21.5. The first-order valence-corrected chi connectivity index (χ1v) is 7.76. The summed E-state index contributed by atoms with van der Waals surface area (Å²) in [5.74, 6) is -5.26. The Morgan fingerprint density at radius 1 is 1.43 bits per heavy atom. The highest BCUT2D eigenvalue weighted by Crippen LogP contribution is 2.38. The molecule has 0 spiro atoms. The molecule has 128 valence electrons. The van der Waals surface area contributed by atoms with Crippen LogP contribution in [0.5, 0.6) is 0 Å². The zero-order chi connectivity index (χ0) is 17.4. The minimum atomic E-state index is -4.66. The Morgan fingerprint density at radius 2 is 2.09 bits per heavy atom. The lowest BCUT2D eigenvalue weighted by Crippen LogP contribution is -2.35. The number of hydrogen-bond acceptors (Lipinski definition) is 4. The zero-order valence-electron chi connectivity index (χ0n) is 12.5. The van der Waals surface area contributed by atoms with Gasteiger partial charge in [-0.2, -0.15) is 13.2 Å². The van der Waals surface area contributed by atoms with Crippen LogP contribution < -0.4 is 5.32 Å². The second kappa shape index (κ2) is 6.34. The fourth-order valence-electron chi connectivity index (χ4n) is 2.53.